The van der Waals surface area contributed by atoms with E-state index in [1.165, 1.54) is 0 Å². The number of fused-ring (bicyclic) bond motifs is 1. The van der Waals surface area contributed by atoms with Crippen molar-refractivity contribution in [2.45, 2.75) is 44.6 Å². The van der Waals surface area contributed by atoms with Gasteiger partial charge in [0.05, 0.1) is 5.92 Å². The summed E-state index contributed by atoms with van der Waals surface area (Å²) >= 11 is 0. The van der Waals surface area contributed by atoms with Crippen molar-refractivity contribution in [1.29, 1.82) is 0 Å². The lowest BCUT2D eigenvalue weighted by Gasteiger charge is -2.26. The van der Waals surface area contributed by atoms with Crippen LogP contribution in [0.3, 0.4) is 0 Å². The van der Waals surface area contributed by atoms with Crippen molar-refractivity contribution < 1.29 is 19.1 Å². The van der Waals surface area contributed by atoms with Crippen molar-refractivity contribution in [3.8, 4) is 11.5 Å². The molecule has 25 heavy (non-hydrogen) atoms. The summed E-state index contributed by atoms with van der Waals surface area (Å²) in [4.78, 5) is 26.4. The van der Waals surface area contributed by atoms with Gasteiger partial charge in [0.15, 0.2) is 11.5 Å². The summed E-state index contributed by atoms with van der Waals surface area (Å²) in [5, 5.41) is 3.04. The van der Waals surface area contributed by atoms with Gasteiger partial charge in [-0.2, -0.15) is 0 Å². The highest BCUT2D eigenvalue weighted by atomic mass is 16.7. The second-order valence-corrected chi connectivity index (χ2v) is 7.85. The maximum absolute atomic E-state index is 12.5. The van der Waals surface area contributed by atoms with E-state index in [0.29, 0.717) is 25.6 Å². The van der Waals surface area contributed by atoms with Crippen LogP contribution in [0.2, 0.25) is 0 Å². The Morgan fingerprint density at radius 3 is 2.80 bits per heavy atom. The average molecular weight is 344 g/mol. The third-order valence-electron chi connectivity index (χ3n) is 5.38. The zero-order valence-electron chi connectivity index (χ0n) is 14.7. The third-order valence-corrected chi connectivity index (χ3v) is 5.38. The van der Waals surface area contributed by atoms with Crippen LogP contribution in [0.1, 0.15) is 38.7 Å². The number of carbonyl (C=O) groups excluding carboxylic acids is 2. The van der Waals surface area contributed by atoms with Crippen LogP contribution in [0.4, 0.5) is 0 Å². The first-order chi connectivity index (χ1) is 11.9. The average Bonchev–Trinajstić information content (AvgIpc) is 3.18. The maximum Gasteiger partial charge on any atom is 0.231 e. The molecule has 3 aliphatic rings. The van der Waals surface area contributed by atoms with Gasteiger partial charge in [0.1, 0.15) is 0 Å². The molecule has 2 amide bonds. The van der Waals surface area contributed by atoms with Gasteiger partial charge in [-0.1, -0.05) is 19.9 Å². The molecule has 2 aliphatic heterocycles. The predicted molar refractivity (Wildman–Crippen MR) is 91.4 cm³/mol. The van der Waals surface area contributed by atoms with Gasteiger partial charge in [-0.25, -0.2) is 0 Å². The van der Waals surface area contributed by atoms with Crippen molar-refractivity contribution in [2.24, 2.45) is 5.92 Å². The van der Waals surface area contributed by atoms with E-state index >= 15 is 0 Å². The second kappa shape index (κ2) is 5.93. The maximum atomic E-state index is 12.5. The zero-order chi connectivity index (χ0) is 17.6. The molecule has 4 rings (SSSR count). The molecular weight excluding hydrogens is 320 g/mol. The number of likely N-dealkylation sites (tertiary alicyclic amines) is 1. The van der Waals surface area contributed by atoms with Crippen LogP contribution in [0.5, 0.6) is 11.5 Å². The van der Waals surface area contributed by atoms with Gasteiger partial charge in [0.25, 0.3) is 0 Å². The Labute approximate surface area is 147 Å². The van der Waals surface area contributed by atoms with Gasteiger partial charge in [0.2, 0.25) is 18.6 Å². The molecular formula is C19H24N2O4. The number of nitrogens with zero attached hydrogens (tertiary/aromatic N) is 1. The summed E-state index contributed by atoms with van der Waals surface area (Å²) in [7, 11) is 0. The minimum absolute atomic E-state index is 0.0229. The fourth-order valence-corrected chi connectivity index (χ4v) is 3.52. The van der Waals surface area contributed by atoms with Crippen molar-refractivity contribution in [3.05, 3.63) is 23.8 Å². The van der Waals surface area contributed by atoms with Crippen LogP contribution < -0.4 is 14.8 Å². The van der Waals surface area contributed by atoms with E-state index in [4.69, 9.17) is 9.47 Å². The molecule has 0 radical (unpaired) electrons. The SMILES string of the molecule is CC(C)(CNC(=O)C1CC(=O)N(C2CC2)C1)c1ccc2c(c1)OCO2. The summed E-state index contributed by atoms with van der Waals surface area (Å²) in [6.07, 6.45) is 2.50. The molecule has 2 heterocycles. The van der Waals surface area contributed by atoms with Crippen LogP contribution in [-0.2, 0) is 15.0 Å². The van der Waals surface area contributed by atoms with E-state index in [2.05, 4.69) is 19.2 Å². The number of benzene rings is 1. The highest BCUT2D eigenvalue weighted by Gasteiger charge is 2.41. The molecule has 1 saturated heterocycles. The first kappa shape index (κ1) is 16.2. The topological polar surface area (TPSA) is 67.9 Å². The van der Waals surface area contributed by atoms with Gasteiger partial charge in [-0.3, -0.25) is 9.59 Å². The molecule has 1 unspecified atom stereocenters. The highest BCUT2D eigenvalue weighted by Crippen LogP contribution is 2.36. The fraction of sp³-hybridized carbons (Fsp3) is 0.579. The number of hydrogen-bond acceptors (Lipinski definition) is 4. The molecule has 0 bridgehead atoms. The molecule has 1 aromatic rings. The molecule has 1 atom stereocenters. The van der Waals surface area contributed by atoms with Crippen LogP contribution in [0.25, 0.3) is 0 Å². The number of nitrogens with one attached hydrogen (secondary N) is 1. The molecule has 1 N–H and O–H groups in total. The number of carbonyl (C=O) groups is 2. The predicted octanol–water partition coefficient (Wildman–Crippen LogP) is 1.82. The Morgan fingerprint density at radius 1 is 1.28 bits per heavy atom. The van der Waals surface area contributed by atoms with Crippen molar-refractivity contribution in [1.82, 2.24) is 10.2 Å². The Bertz CT molecular complexity index is 711. The molecule has 1 saturated carbocycles. The number of ether oxygens (including phenoxy) is 2. The highest BCUT2D eigenvalue weighted by molar-refractivity contribution is 5.89. The van der Waals surface area contributed by atoms with Gasteiger partial charge in [0, 0.05) is 31.0 Å². The first-order valence-corrected chi connectivity index (χ1v) is 8.91. The summed E-state index contributed by atoms with van der Waals surface area (Å²) in [6.45, 7) is 5.50. The van der Waals surface area contributed by atoms with E-state index in [-0.39, 0.29) is 29.9 Å². The van der Waals surface area contributed by atoms with Crippen LogP contribution in [0, 0.1) is 5.92 Å². The van der Waals surface area contributed by atoms with E-state index < -0.39 is 0 Å². The van der Waals surface area contributed by atoms with E-state index in [9.17, 15) is 9.59 Å². The Hall–Kier alpha value is -2.24. The molecule has 1 aromatic carbocycles. The molecule has 6 nitrogen and oxygen atoms in total. The molecule has 0 aromatic heterocycles. The van der Waals surface area contributed by atoms with Gasteiger partial charge in [-0.05, 0) is 30.5 Å². The zero-order valence-corrected chi connectivity index (χ0v) is 14.7. The summed E-state index contributed by atoms with van der Waals surface area (Å²) < 4.78 is 10.8. The minimum Gasteiger partial charge on any atom is -0.454 e. The second-order valence-electron chi connectivity index (χ2n) is 7.85. The van der Waals surface area contributed by atoms with E-state index in [1.807, 2.05) is 23.1 Å². The Balaban J connectivity index is 1.36. The van der Waals surface area contributed by atoms with Crippen molar-refractivity contribution in [2.75, 3.05) is 19.9 Å². The van der Waals surface area contributed by atoms with Gasteiger partial charge in [-0.15, -0.1) is 0 Å². The lowest BCUT2D eigenvalue weighted by atomic mass is 9.84. The van der Waals surface area contributed by atoms with Gasteiger partial charge >= 0.3 is 0 Å². The Morgan fingerprint density at radius 2 is 2.04 bits per heavy atom. The van der Waals surface area contributed by atoms with Crippen LogP contribution in [-0.4, -0.2) is 42.6 Å². The molecule has 1 aliphatic carbocycles. The van der Waals surface area contributed by atoms with Gasteiger partial charge < -0.3 is 19.7 Å². The summed E-state index contributed by atoms with van der Waals surface area (Å²) in [5.41, 5.74) is 0.842. The number of amides is 2. The smallest absolute Gasteiger partial charge is 0.231 e. The number of rotatable bonds is 5. The van der Waals surface area contributed by atoms with E-state index in [0.717, 1.165) is 29.9 Å². The normalized spacial score (nSPS) is 22.4. The third kappa shape index (κ3) is 3.17. The lowest BCUT2D eigenvalue weighted by Crippen LogP contribution is -2.40. The van der Waals surface area contributed by atoms with Crippen molar-refractivity contribution in [3.63, 3.8) is 0 Å². The van der Waals surface area contributed by atoms with Crippen molar-refractivity contribution >= 4 is 11.8 Å². The molecule has 134 valence electrons. The lowest BCUT2D eigenvalue weighted by molar-refractivity contribution is -0.129. The number of hydrogen-bond donors (Lipinski definition) is 1. The van der Waals surface area contributed by atoms with Crippen LogP contribution in [0.15, 0.2) is 18.2 Å². The first-order valence-electron chi connectivity index (χ1n) is 8.91. The Kier molecular flexibility index (Phi) is 3.85. The standard InChI is InChI=1S/C19H24N2O4/c1-19(2,13-3-6-15-16(8-13)25-11-24-15)10-20-18(23)12-7-17(22)21(9-12)14-4-5-14/h3,6,8,12,14H,4-5,7,9-11H2,1-2H3,(H,20,23). The largest absolute Gasteiger partial charge is 0.454 e. The fourth-order valence-electron chi connectivity index (χ4n) is 3.52. The molecule has 6 heteroatoms. The monoisotopic (exact) mass is 344 g/mol. The summed E-state index contributed by atoms with van der Waals surface area (Å²) in [5.74, 6) is 1.38. The minimum atomic E-state index is -0.241. The van der Waals surface area contributed by atoms with Crippen LogP contribution >= 0.6 is 0 Å². The summed E-state index contributed by atoms with van der Waals surface area (Å²) in [6, 6.07) is 6.27. The van der Waals surface area contributed by atoms with E-state index in [1.54, 1.807) is 0 Å². The quantitative estimate of drug-likeness (QED) is 0.885. The molecule has 0 spiro atoms. The molecule has 2 fully saturated rings.